The van der Waals surface area contributed by atoms with Gasteiger partial charge in [0.15, 0.2) is 0 Å². The minimum absolute atomic E-state index is 0.0844. The first-order chi connectivity index (χ1) is 6.27. The van der Waals surface area contributed by atoms with E-state index >= 15 is 0 Å². The Kier molecular flexibility index (Phi) is 2.65. The molecule has 72 valence electrons. The summed E-state index contributed by atoms with van der Waals surface area (Å²) in [5.74, 6) is 3.14. The van der Waals surface area contributed by atoms with Crippen LogP contribution in [0.2, 0.25) is 0 Å². The van der Waals surface area contributed by atoms with Crippen LogP contribution in [0.4, 0.5) is 0 Å². The average molecular weight is 197 g/mol. The molecule has 2 atom stereocenters. The van der Waals surface area contributed by atoms with Crippen molar-refractivity contribution in [3.63, 3.8) is 0 Å². The molecule has 3 heteroatoms. The number of aryl methyl sites for hydroxylation is 1. The highest BCUT2D eigenvalue weighted by Crippen LogP contribution is 2.34. The summed E-state index contributed by atoms with van der Waals surface area (Å²) < 4.78 is 5.52. The lowest BCUT2D eigenvalue weighted by molar-refractivity contribution is 0.437. The van der Waals surface area contributed by atoms with E-state index in [9.17, 15) is 0 Å². The minimum atomic E-state index is 0.0844. The molecule has 0 aromatic carbocycles. The lowest BCUT2D eigenvalue weighted by Crippen LogP contribution is -2.20. The quantitative estimate of drug-likeness (QED) is 0.791. The first-order valence-electron chi connectivity index (χ1n) is 4.71. The van der Waals surface area contributed by atoms with Crippen molar-refractivity contribution in [1.82, 2.24) is 0 Å². The zero-order chi connectivity index (χ0) is 9.26. The van der Waals surface area contributed by atoms with Crippen LogP contribution in [-0.2, 0) is 0 Å². The smallest absolute Gasteiger partial charge is 0.121 e. The fraction of sp³-hybridized carbons (Fsp3) is 0.600. The van der Waals surface area contributed by atoms with Crippen LogP contribution in [0, 0.1) is 6.92 Å². The Balaban J connectivity index is 2.07. The predicted molar refractivity (Wildman–Crippen MR) is 55.9 cm³/mol. The normalized spacial score (nSPS) is 24.9. The Labute approximate surface area is 82.9 Å². The summed E-state index contributed by atoms with van der Waals surface area (Å²) in [4.78, 5) is 0. The van der Waals surface area contributed by atoms with Gasteiger partial charge >= 0.3 is 0 Å². The van der Waals surface area contributed by atoms with Gasteiger partial charge in [0.1, 0.15) is 11.5 Å². The standard InChI is InChI=1S/C10H15NOS/c1-7-4-5-8(12-7)10(11)9-3-2-6-13-9/h4-5,9-10H,2-3,6,11H2,1H3/t9-,10-/m1/s1. The Morgan fingerprint density at radius 3 is 3.00 bits per heavy atom. The summed E-state index contributed by atoms with van der Waals surface area (Å²) in [6, 6.07) is 4.06. The molecule has 2 nitrogen and oxygen atoms in total. The molecule has 1 saturated heterocycles. The van der Waals surface area contributed by atoms with Crippen molar-refractivity contribution in [3.8, 4) is 0 Å². The molecule has 0 radical (unpaired) electrons. The van der Waals surface area contributed by atoms with E-state index in [1.807, 2.05) is 30.8 Å². The van der Waals surface area contributed by atoms with Crippen LogP contribution in [0.3, 0.4) is 0 Å². The summed E-state index contributed by atoms with van der Waals surface area (Å²) in [6.45, 7) is 1.96. The van der Waals surface area contributed by atoms with Crippen molar-refractivity contribution in [1.29, 1.82) is 0 Å². The molecular formula is C10H15NOS. The number of furan rings is 1. The molecule has 0 aliphatic carbocycles. The van der Waals surface area contributed by atoms with Crippen molar-refractivity contribution < 1.29 is 4.42 Å². The molecule has 0 unspecified atom stereocenters. The first kappa shape index (κ1) is 9.16. The van der Waals surface area contributed by atoms with Crippen molar-refractivity contribution in [2.24, 2.45) is 5.73 Å². The molecule has 1 aromatic heterocycles. The monoisotopic (exact) mass is 197 g/mol. The summed E-state index contributed by atoms with van der Waals surface area (Å²) in [7, 11) is 0. The molecule has 1 aliphatic heterocycles. The molecule has 13 heavy (non-hydrogen) atoms. The highest BCUT2D eigenvalue weighted by molar-refractivity contribution is 8.00. The molecule has 0 saturated carbocycles. The van der Waals surface area contributed by atoms with Gasteiger partial charge in [-0.15, -0.1) is 0 Å². The molecule has 1 aromatic rings. The fourth-order valence-corrected chi connectivity index (χ4v) is 3.01. The van der Waals surface area contributed by atoms with E-state index in [4.69, 9.17) is 10.2 Å². The van der Waals surface area contributed by atoms with Crippen LogP contribution in [0.1, 0.15) is 30.4 Å². The lowest BCUT2D eigenvalue weighted by atomic mass is 10.1. The summed E-state index contributed by atoms with van der Waals surface area (Å²) in [6.07, 6.45) is 2.52. The molecule has 1 fully saturated rings. The van der Waals surface area contributed by atoms with Crippen LogP contribution >= 0.6 is 11.8 Å². The maximum absolute atomic E-state index is 6.10. The number of thioether (sulfide) groups is 1. The van der Waals surface area contributed by atoms with E-state index in [1.165, 1.54) is 18.6 Å². The Hall–Kier alpha value is -0.410. The second-order valence-electron chi connectivity index (χ2n) is 3.53. The summed E-state index contributed by atoms with van der Waals surface area (Å²) >= 11 is 1.97. The summed E-state index contributed by atoms with van der Waals surface area (Å²) in [5.41, 5.74) is 6.10. The number of nitrogens with two attached hydrogens (primary N) is 1. The zero-order valence-corrected chi connectivity index (χ0v) is 8.64. The van der Waals surface area contributed by atoms with Gasteiger partial charge in [0.2, 0.25) is 0 Å². The highest BCUT2D eigenvalue weighted by Gasteiger charge is 2.25. The van der Waals surface area contributed by atoms with Gasteiger partial charge in [-0.1, -0.05) is 0 Å². The van der Waals surface area contributed by atoms with Gasteiger partial charge in [0.05, 0.1) is 6.04 Å². The molecule has 2 N–H and O–H groups in total. The van der Waals surface area contributed by atoms with Crippen LogP contribution in [0.15, 0.2) is 16.5 Å². The lowest BCUT2D eigenvalue weighted by Gasteiger charge is -2.15. The number of rotatable bonds is 2. The van der Waals surface area contributed by atoms with E-state index in [-0.39, 0.29) is 6.04 Å². The second-order valence-corrected chi connectivity index (χ2v) is 4.87. The van der Waals surface area contributed by atoms with Gasteiger partial charge in [-0.2, -0.15) is 11.8 Å². The molecule has 2 heterocycles. The van der Waals surface area contributed by atoms with Gasteiger partial charge in [-0.3, -0.25) is 0 Å². The fourth-order valence-electron chi connectivity index (χ4n) is 1.70. The van der Waals surface area contributed by atoms with Crippen molar-refractivity contribution in [2.75, 3.05) is 5.75 Å². The molecule has 0 amide bonds. The SMILES string of the molecule is Cc1ccc([C@@H](N)[C@H]2CCCS2)o1. The van der Waals surface area contributed by atoms with E-state index in [1.54, 1.807) is 0 Å². The van der Waals surface area contributed by atoms with Gasteiger partial charge in [0, 0.05) is 5.25 Å². The van der Waals surface area contributed by atoms with E-state index in [0.717, 1.165) is 11.5 Å². The summed E-state index contributed by atoms with van der Waals surface area (Å²) in [5, 5.41) is 0.561. The molecule has 2 rings (SSSR count). The molecule has 1 aliphatic rings. The maximum Gasteiger partial charge on any atom is 0.121 e. The number of hydrogen-bond acceptors (Lipinski definition) is 3. The third kappa shape index (κ3) is 1.92. The van der Waals surface area contributed by atoms with Crippen molar-refractivity contribution >= 4 is 11.8 Å². The van der Waals surface area contributed by atoms with Crippen LogP contribution < -0.4 is 5.73 Å². The van der Waals surface area contributed by atoms with Crippen molar-refractivity contribution in [2.45, 2.75) is 31.1 Å². The molecule has 0 bridgehead atoms. The molecule has 0 spiro atoms. The molecular weight excluding hydrogens is 182 g/mol. The average Bonchev–Trinajstić information content (AvgIpc) is 2.72. The van der Waals surface area contributed by atoms with Crippen LogP contribution in [0.25, 0.3) is 0 Å². The van der Waals surface area contributed by atoms with Crippen LogP contribution in [-0.4, -0.2) is 11.0 Å². The third-order valence-electron chi connectivity index (χ3n) is 2.46. The van der Waals surface area contributed by atoms with Gasteiger partial charge in [0.25, 0.3) is 0 Å². The second kappa shape index (κ2) is 3.76. The van der Waals surface area contributed by atoms with Gasteiger partial charge in [-0.25, -0.2) is 0 Å². The van der Waals surface area contributed by atoms with E-state index in [2.05, 4.69) is 0 Å². The third-order valence-corrected chi connectivity index (χ3v) is 3.94. The Bertz CT molecular complexity index is 278. The predicted octanol–water partition coefficient (Wildman–Crippen LogP) is 2.48. The first-order valence-corrected chi connectivity index (χ1v) is 5.76. The topological polar surface area (TPSA) is 39.2 Å². The maximum atomic E-state index is 6.10. The largest absolute Gasteiger partial charge is 0.465 e. The highest BCUT2D eigenvalue weighted by atomic mass is 32.2. The van der Waals surface area contributed by atoms with E-state index in [0.29, 0.717) is 5.25 Å². The number of hydrogen-bond donors (Lipinski definition) is 1. The van der Waals surface area contributed by atoms with Crippen molar-refractivity contribution in [3.05, 3.63) is 23.7 Å². The van der Waals surface area contributed by atoms with E-state index < -0.39 is 0 Å². The zero-order valence-electron chi connectivity index (χ0n) is 7.82. The Morgan fingerprint density at radius 1 is 1.62 bits per heavy atom. The van der Waals surface area contributed by atoms with Gasteiger partial charge in [-0.05, 0) is 37.7 Å². The van der Waals surface area contributed by atoms with Crippen LogP contribution in [0.5, 0.6) is 0 Å². The minimum Gasteiger partial charge on any atom is -0.465 e. The van der Waals surface area contributed by atoms with Gasteiger partial charge < -0.3 is 10.2 Å². The Morgan fingerprint density at radius 2 is 2.46 bits per heavy atom.